The van der Waals surface area contributed by atoms with E-state index < -0.39 is 6.10 Å². The molecule has 1 aromatic carbocycles. The number of benzene rings is 1. The van der Waals surface area contributed by atoms with Gasteiger partial charge in [-0.3, -0.25) is 9.78 Å². The molecule has 2 aliphatic rings. The fourth-order valence-corrected chi connectivity index (χ4v) is 5.13. The number of aliphatic hydroxyl groups excluding tert-OH is 1. The molecule has 1 unspecified atom stereocenters. The van der Waals surface area contributed by atoms with Crippen molar-refractivity contribution in [3.05, 3.63) is 46.5 Å². The molecule has 2 N–H and O–H groups in total. The number of rotatable bonds is 3. The second kappa shape index (κ2) is 7.69. The number of nitrogens with one attached hydrogen (secondary N) is 1. The number of nitrogens with zero attached hydrogens (tertiary/aromatic N) is 3. The third-order valence-corrected chi connectivity index (χ3v) is 6.72. The quantitative estimate of drug-likeness (QED) is 0.673. The minimum Gasteiger partial charge on any atom is -0.479 e. The molecule has 0 aliphatic carbocycles. The van der Waals surface area contributed by atoms with Crippen LogP contribution in [0.5, 0.6) is 5.75 Å². The van der Waals surface area contributed by atoms with Crippen LogP contribution in [0.15, 0.2) is 30.5 Å². The number of nitriles is 1. The van der Waals surface area contributed by atoms with Gasteiger partial charge in [0.05, 0.1) is 28.5 Å². The van der Waals surface area contributed by atoms with Gasteiger partial charge in [0.1, 0.15) is 5.75 Å². The van der Waals surface area contributed by atoms with Crippen LogP contribution in [-0.4, -0.2) is 53.2 Å². The van der Waals surface area contributed by atoms with Gasteiger partial charge in [-0.1, -0.05) is 0 Å². The van der Waals surface area contributed by atoms with Crippen LogP contribution in [0.25, 0.3) is 21.3 Å². The minimum atomic E-state index is -0.570. The van der Waals surface area contributed by atoms with E-state index in [0.717, 1.165) is 44.9 Å². The first-order valence-corrected chi connectivity index (χ1v) is 10.7. The van der Waals surface area contributed by atoms with Gasteiger partial charge < -0.3 is 20.1 Å². The third-order valence-electron chi connectivity index (χ3n) is 5.57. The number of thiophene rings is 1. The highest BCUT2D eigenvalue weighted by molar-refractivity contribution is 7.19. The van der Waals surface area contributed by atoms with Crippen LogP contribution in [0.1, 0.15) is 16.0 Å². The predicted molar refractivity (Wildman–Crippen MR) is 113 cm³/mol. The molecule has 5 rings (SSSR count). The number of pyridine rings is 1. The van der Waals surface area contributed by atoms with Crippen molar-refractivity contribution in [2.75, 3.05) is 26.2 Å². The zero-order chi connectivity index (χ0) is 20.7. The lowest BCUT2D eigenvalue weighted by molar-refractivity contribution is -0.138. The maximum atomic E-state index is 13.0. The van der Waals surface area contributed by atoms with Gasteiger partial charge in [0.15, 0.2) is 6.10 Å². The smallest absolute Gasteiger partial charge is 0.264 e. The second-order valence-corrected chi connectivity index (χ2v) is 8.59. The van der Waals surface area contributed by atoms with Crippen LogP contribution < -0.4 is 10.1 Å². The minimum absolute atomic E-state index is 0.00396. The van der Waals surface area contributed by atoms with E-state index in [4.69, 9.17) is 4.74 Å². The predicted octanol–water partition coefficient (Wildman–Crippen LogP) is 2.06. The molecular weight excluding hydrogens is 400 g/mol. The Bertz CT molecular complexity index is 1180. The molecule has 1 fully saturated rings. The summed E-state index contributed by atoms with van der Waals surface area (Å²) in [6.45, 7) is 2.88. The number of fused-ring (bicyclic) bond motifs is 2. The molecule has 0 radical (unpaired) electrons. The van der Waals surface area contributed by atoms with E-state index in [9.17, 15) is 15.2 Å². The maximum absolute atomic E-state index is 13.0. The lowest BCUT2D eigenvalue weighted by Crippen LogP contribution is -2.50. The van der Waals surface area contributed by atoms with E-state index in [1.807, 2.05) is 29.2 Å². The molecule has 1 atom stereocenters. The maximum Gasteiger partial charge on any atom is 0.264 e. The zero-order valence-electron chi connectivity index (χ0n) is 16.2. The average molecular weight is 420 g/mol. The molecule has 0 bridgehead atoms. The van der Waals surface area contributed by atoms with Gasteiger partial charge in [0.25, 0.3) is 5.91 Å². The number of aliphatic hydroxyl groups is 1. The van der Waals surface area contributed by atoms with Gasteiger partial charge in [-0.2, -0.15) is 5.26 Å². The van der Waals surface area contributed by atoms with Crippen LogP contribution >= 0.6 is 11.3 Å². The van der Waals surface area contributed by atoms with Crippen molar-refractivity contribution in [2.24, 2.45) is 0 Å². The van der Waals surface area contributed by atoms with Crippen molar-refractivity contribution in [3.8, 4) is 22.9 Å². The topological polar surface area (TPSA) is 98.5 Å². The number of amides is 1. The summed E-state index contributed by atoms with van der Waals surface area (Å²) in [5.41, 5.74) is 3.89. The average Bonchev–Trinajstić information content (AvgIpc) is 3.42. The zero-order valence-corrected chi connectivity index (χ0v) is 17.0. The lowest BCUT2D eigenvalue weighted by atomic mass is 9.98. The number of ether oxygens (including phenoxy) is 1. The molecule has 1 amide bonds. The Morgan fingerprint density at radius 1 is 1.33 bits per heavy atom. The molecule has 1 saturated heterocycles. The first-order chi connectivity index (χ1) is 14.7. The van der Waals surface area contributed by atoms with Crippen LogP contribution in [-0.2, 0) is 17.8 Å². The molecular formula is C22H20N4O3S. The van der Waals surface area contributed by atoms with E-state index in [-0.39, 0.29) is 12.5 Å². The van der Waals surface area contributed by atoms with Crippen molar-refractivity contribution in [3.63, 3.8) is 0 Å². The summed E-state index contributed by atoms with van der Waals surface area (Å²) in [4.78, 5) is 20.1. The largest absolute Gasteiger partial charge is 0.479 e. The monoisotopic (exact) mass is 420 g/mol. The van der Waals surface area contributed by atoms with E-state index in [0.29, 0.717) is 30.8 Å². The molecule has 4 heterocycles. The van der Waals surface area contributed by atoms with Crippen LogP contribution in [0, 0.1) is 11.3 Å². The van der Waals surface area contributed by atoms with E-state index in [1.165, 1.54) is 11.3 Å². The Morgan fingerprint density at radius 2 is 2.17 bits per heavy atom. The van der Waals surface area contributed by atoms with E-state index >= 15 is 0 Å². The normalized spacial score (nSPS) is 18.1. The van der Waals surface area contributed by atoms with Crippen molar-refractivity contribution >= 4 is 27.5 Å². The first-order valence-electron chi connectivity index (χ1n) is 9.90. The van der Waals surface area contributed by atoms with Gasteiger partial charge in [0, 0.05) is 60.4 Å². The molecule has 152 valence electrons. The Kier molecular flexibility index (Phi) is 4.87. The van der Waals surface area contributed by atoms with Gasteiger partial charge in [-0.15, -0.1) is 11.3 Å². The highest BCUT2D eigenvalue weighted by Gasteiger charge is 2.35. The Balaban J connectivity index is 1.57. The number of carbonyl (C=O) groups excluding carboxylic acids is 1. The van der Waals surface area contributed by atoms with E-state index in [1.54, 1.807) is 6.20 Å². The summed E-state index contributed by atoms with van der Waals surface area (Å²) in [5.74, 6) is 0.657. The van der Waals surface area contributed by atoms with Crippen LogP contribution in [0.2, 0.25) is 0 Å². The third kappa shape index (κ3) is 3.21. The summed E-state index contributed by atoms with van der Waals surface area (Å²) in [6.07, 6.45) is 1.61. The summed E-state index contributed by atoms with van der Waals surface area (Å²) < 4.78 is 7.13. The molecule has 8 heteroatoms. The molecule has 3 aromatic rings. The van der Waals surface area contributed by atoms with Crippen LogP contribution in [0.3, 0.4) is 0 Å². The van der Waals surface area contributed by atoms with Crippen LogP contribution in [0.4, 0.5) is 0 Å². The van der Waals surface area contributed by atoms with Gasteiger partial charge in [0.2, 0.25) is 0 Å². The second-order valence-electron chi connectivity index (χ2n) is 7.45. The lowest BCUT2D eigenvalue weighted by Gasteiger charge is -2.29. The molecule has 2 aliphatic heterocycles. The highest BCUT2D eigenvalue weighted by Crippen LogP contribution is 2.43. The van der Waals surface area contributed by atoms with Crippen molar-refractivity contribution in [1.29, 1.82) is 5.26 Å². The van der Waals surface area contributed by atoms with Gasteiger partial charge in [-0.25, -0.2) is 0 Å². The Hall–Kier alpha value is -2.99. The SMILES string of the molecule is N#Cc1cc2c(c(-c3ccnc4cc(CO)sc34)c1)OC(C(=O)N1CCNCC1)C2. The fraction of sp³-hybridized carbons (Fsp3) is 0.318. The summed E-state index contributed by atoms with van der Waals surface area (Å²) in [5, 5.41) is 22.3. The number of carbonyl (C=O) groups is 1. The van der Waals surface area contributed by atoms with Gasteiger partial charge >= 0.3 is 0 Å². The summed E-state index contributed by atoms with van der Waals surface area (Å²) >= 11 is 1.47. The molecule has 0 saturated carbocycles. The summed E-state index contributed by atoms with van der Waals surface area (Å²) in [6, 6.07) is 9.62. The van der Waals surface area contributed by atoms with Crippen molar-refractivity contribution < 1.29 is 14.6 Å². The first kappa shape index (κ1) is 19.0. The number of hydrogen-bond acceptors (Lipinski definition) is 7. The number of aromatic nitrogens is 1. The molecule has 7 nitrogen and oxygen atoms in total. The number of hydrogen-bond donors (Lipinski definition) is 2. The summed E-state index contributed by atoms with van der Waals surface area (Å²) in [7, 11) is 0. The van der Waals surface area contributed by atoms with Gasteiger partial charge in [-0.05, 0) is 24.3 Å². The Morgan fingerprint density at radius 3 is 2.93 bits per heavy atom. The fourth-order valence-electron chi connectivity index (χ4n) is 4.13. The number of piperazine rings is 1. The van der Waals surface area contributed by atoms with Crippen molar-refractivity contribution in [1.82, 2.24) is 15.2 Å². The highest BCUT2D eigenvalue weighted by atomic mass is 32.1. The molecule has 0 spiro atoms. The van der Waals surface area contributed by atoms with E-state index in [2.05, 4.69) is 16.4 Å². The Labute approximate surface area is 177 Å². The van der Waals surface area contributed by atoms with Crippen molar-refractivity contribution in [2.45, 2.75) is 19.1 Å². The molecule has 2 aromatic heterocycles. The standard InChI is InChI=1S/C22H20N4O3S/c23-11-13-7-14-9-19(22(28)26-5-3-24-4-6-26)29-20(14)17(8-13)16-1-2-25-18-10-15(12-27)30-21(16)18/h1-2,7-8,10,19,24,27H,3-6,9,12H2. The molecule has 30 heavy (non-hydrogen) atoms.